The highest BCUT2D eigenvalue weighted by atomic mass is 31.1. The lowest BCUT2D eigenvalue weighted by atomic mass is 10.1. The van der Waals surface area contributed by atoms with Gasteiger partial charge in [-0.2, -0.15) is 0 Å². The predicted molar refractivity (Wildman–Crippen MR) is 89.1 cm³/mol. The minimum Gasteiger partial charge on any atom is -0.518 e. The SMILES string of the molecule is C1=COB2OC(P(c3ccccc3)c3ccccc3)(C=C1)O2. The van der Waals surface area contributed by atoms with E-state index in [1.807, 2.05) is 54.6 Å². The van der Waals surface area contributed by atoms with E-state index in [4.69, 9.17) is 14.0 Å². The molecule has 2 bridgehead atoms. The van der Waals surface area contributed by atoms with Crippen LogP contribution in [0.15, 0.2) is 85.2 Å². The molecule has 0 radical (unpaired) electrons. The first-order valence-electron chi connectivity index (χ1n) is 7.13. The molecule has 0 aliphatic carbocycles. The monoisotopic (exact) mass is 308 g/mol. The fraction of sp³-hybridized carbons (Fsp3) is 0.0588. The molecule has 5 heteroatoms. The Balaban J connectivity index is 1.81. The third-order valence-electron chi connectivity index (χ3n) is 3.56. The largest absolute Gasteiger partial charge is 0.717 e. The summed E-state index contributed by atoms with van der Waals surface area (Å²) in [5, 5.41) is 2.41. The van der Waals surface area contributed by atoms with E-state index in [1.54, 1.807) is 6.26 Å². The molecule has 0 aromatic heterocycles. The van der Waals surface area contributed by atoms with Crippen molar-refractivity contribution in [3.63, 3.8) is 0 Å². The summed E-state index contributed by atoms with van der Waals surface area (Å²) in [5.74, 6) is 0. The molecule has 108 valence electrons. The van der Waals surface area contributed by atoms with Crippen LogP contribution >= 0.6 is 7.92 Å². The first-order chi connectivity index (χ1) is 10.9. The maximum atomic E-state index is 5.98. The van der Waals surface area contributed by atoms with Gasteiger partial charge in [-0.25, -0.2) is 0 Å². The highest BCUT2D eigenvalue weighted by Crippen LogP contribution is 2.55. The van der Waals surface area contributed by atoms with Gasteiger partial charge in [0.25, 0.3) is 0 Å². The molecule has 22 heavy (non-hydrogen) atoms. The molecule has 3 aliphatic heterocycles. The average Bonchev–Trinajstić information content (AvgIpc) is 2.50. The molecule has 3 aliphatic rings. The zero-order valence-electron chi connectivity index (χ0n) is 11.8. The van der Waals surface area contributed by atoms with E-state index in [0.29, 0.717) is 0 Å². The maximum Gasteiger partial charge on any atom is 0.717 e. The summed E-state index contributed by atoms with van der Waals surface area (Å²) in [5.41, 5.74) is -0.770. The predicted octanol–water partition coefficient (Wildman–Crippen LogP) is 2.90. The summed E-state index contributed by atoms with van der Waals surface area (Å²) >= 11 is 0. The van der Waals surface area contributed by atoms with Crippen LogP contribution in [0.3, 0.4) is 0 Å². The van der Waals surface area contributed by atoms with Gasteiger partial charge in [0.15, 0.2) is 5.53 Å². The van der Waals surface area contributed by atoms with Crippen LogP contribution in [0.1, 0.15) is 0 Å². The zero-order valence-corrected chi connectivity index (χ0v) is 12.7. The Bertz CT molecular complexity index is 657. The van der Waals surface area contributed by atoms with Crippen molar-refractivity contribution in [3.05, 3.63) is 85.2 Å². The van der Waals surface area contributed by atoms with Crippen LogP contribution in [-0.4, -0.2) is 12.8 Å². The molecule has 0 unspecified atom stereocenters. The molecule has 0 spiro atoms. The molecule has 5 rings (SSSR count). The Hall–Kier alpha value is -1.87. The fourth-order valence-electron chi connectivity index (χ4n) is 2.59. The first-order valence-corrected chi connectivity index (χ1v) is 8.47. The maximum absolute atomic E-state index is 5.98. The van der Waals surface area contributed by atoms with E-state index in [1.165, 1.54) is 10.6 Å². The van der Waals surface area contributed by atoms with Gasteiger partial charge < -0.3 is 14.0 Å². The summed E-state index contributed by atoms with van der Waals surface area (Å²) in [7, 11) is -1.49. The molecule has 1 saturated heterocycles. The third kappa shape index (κ3) is 2.40. The molecule has 0 saturated carbocycles. The summed E-state index contributed by atoms with van der Waals surface area (Å²) in [4.78, 5) is 0. The van der Waals surface area contributed by atoms with Gasteiger partial charge in [-0.1, -0.05) is 66.7 Å². The Morgan fingerprint density at radius 2 is 1.36 bits per heavy atom. The number of fused-ring (bicyclic) bond motifs is 2. The van der Waals surface area contributed by atoms with E-state index in [9.17, 15) is 0 Å². The molecular formula is C17H14BO3P. The van der Waals surface area contributed by atoms with Gasteiger partial charge in [-0.3, -0.25) is 0 Å². The summed E-state index contributed by atoms with van der Waals surface area (Å²) in [6.45, 7) is 0. The normalized spacial score (nSPS) is 18.3. The molecule has 3 nitrogen and oxygen atoms in total. The number of rotatable bonds is 3. The van der Waals surface area contributed by atoms with Crippen molar-refractivity contribution in [3.8, 4) is 0 Å². The fourth-order valence-corrected chi connectivity index (χ4v) is 5.17. The number of hydrogen-bond acceptors (Lipinski definition) is 3. The topological polar surface area (TPSA) is 27.7 Å². The molecule has 2 aromatic rings. The third-order valence-corrected chi connectivity index (χ3v) is 6.17. The second-order valence-electron chi connectivity index (χ2n) is 4.99. The molecular weight excluding hydrogens is 294 g/mol. The lowest BCUT2D eigenvalue weighted by molar-refractivity contribution is -0.146. The van der Waals surface area contributed by atoms with Crippen molar-refractivity contribution < 1.29 is 14.0 Å². The number of benzene rings is 2. The highest BCUT2D eigenvalue weighted by molar-refractivity contribution is 7.74. The van der Waals surface area contributed by atoms with Crippen molar-refractivity contribution in [1.82, 2.24) is 0 Å². The van der Waals surface area contributed by atoms with Crippen LogP contribution in [-0.2, 0) is 14.0 Å². The average molecular weight is 308 g/mol. The van der Waals surface area contributed by atoms with E-state index in [-0.39, 0.29) is 0 Å². The van der Waals surface area contributed by atoms with Gasteiger partial charge in [0.1, 0.15) is 0 Å². The van der Waals surface area contributed by atoms with Crippen LogP contribution in [0.2, 0.25) is 0 Å². The minimum absolute atomic E-state index is 0.626. The van der Waals surface area contributed by atoms with Gasteiger partial charge in [-0.05, 0) is 22.8 Å². The second kappa shape index (κ2) is 5.73. The zero-order chi connectivity index (χ0) is 14.8. The van der Waals surface area contributed by atoms with Crippen LogP contribution < -0.4 is 10.6 Å². The highest BCUT2D eigenvalue weighted by Gasteiger charge is 2.58. The Kier molecular flexibility index (Phi) is 3.59. The number of hydrogen-bond donors (Lipinski definition) is 0. The Morgan fingerprint density at radius 3 is 1.95 bits per heavy atom. The second-order valence-corrected chi connectivity index (χ2v) is 7.31. The van der Waals surface area contributed by atoms with Gasteiger partial charge in [0.05, 0.1) is 6.26 Å². The smallest absolute Gasteiger partial charge is 0.518 e. The van der Waals surface area contributed by atoms with Crippen molar-refractivity contribution in [2.45, 2.75) is 5.53 Å². The Morgan fingerprint density at radius 1 is 0.773 bits per heavy atom. The van der Waals surface area contributed by atoms with Crippen molar-refractivity contribution in [1.29, 1.82) is 0 Å². The summed E-state index contributed by atoms with van der Waals surface area (Å²) in [6.07, 6.45) is 7.33. The van der Waals surface area contributed by atoms with Crippen LogP contribution in [0.25, 0.3) is 0 Å². The molecule has 0 amide bonds. The first kappa shape index (κ1) is 13.8. The van der Waals surface area contributed by atoms with Gasteiger partial charge in [0.2, 0.25) is 0 Å². The van der Waals surface area contributed by atoms with Crippen molar-refractivity contribution >= 4 is 25.9 Å². The molecule has 1 fully saturated rings. The van der Waals surface area contributed by atoms with Gasteiger partial charge in [0, 0.05) is 7.92 Å². The van der Waals surface area contributed by atoms with Crippen molar-refractivity contribution in [2.24, 2.45) is 0 Å². The molecule has 0 atom stereocenters. The van der Waals surface area contributed by atoms with Gasteiger partial charge >= 0.3 is 7.32 Å². The number of allylic oxidation sites excluding steroid dienone is 2. The van der Waals surface area contributed by atoms with E-state index in [2.05, 4.69) is 24.3 Å². The van der Waals surface area contributed by atoms with E-state index >= 15 is 0 Å². The van der Waals surface area contributed by atoms with E-state index < -0.39 is 20.8 Å². The molecule has 0 N–H and O–H groups in total. The van der Waals surface area contributed by atoms with Gasteiger partial charge in [-0.15, -0.1) is 0 Å². The molecule has 3 heterocycles. The Labute approximate surface area is 131 Å². The lowest BCUT2D eigenvalue weighted by Gasteiger charge is -2.47. The quantitative estimate of drug-likeness (QED) is 0.644. The molecule has 2 aromatic carbocycles. The minimum atomic E-state index is -0.859. The standard InChI is InChI=1S/C17H14BO3P/c1-3-9-15(10-4-1)22(16-11-5-2-6-12-16)17-13-7-8-14-19-18(20-17)21-17/h1-14H. The van der Waals surface area contributed by atoms with Crippen LogP contribution in [0, 0.1) is 0 Å². The van der Waals surface area contributed by atoms with E-state index in [0.717, 1.165) is 0 Å². The lowest BCUT2D eigenvalue weighted by Crippen LogP contribution is -2.57. The summed E-state index contributed by atoms with van der Waals surface area (Å²) < 4.78 is 17.3. The summed E-state index contributed by atoms with van der Waals surface area (Å²) in [6, 6.07) is 20.7. The van der Waals surface area contributed by atoms with Crippen molar-refractivity contribution in [2.75, 3.05) is 0 Å². The van der Waals surface area contributed by atoms with Crippen LogP contribution in [0.4, 0.5) is 0 Å². The van der Waals surface area contributed by atoms with Crippen LogP contribution in [0.5, 0.6) is 0 Å².